The molecule has 0 aliphatic carbocycles. The van der Waals surface area contributed by atoms with Crippen LogP contribution in [0.25, 0.3) is 16.7 Å². The Morgan fingerprint density at radius 1 is 1.11 bits per heavy atom. The van der Waals surface area contributed by atoms with E-state index < -0.39 is 21.4 Å². The van der Waals surface area contributed by atoms with E-state index in [1.807, 2.05) is 18.2 Å². The second-order valence-electron chi connectivity index (χ2n) is 8.75. The fourth-order valence-electron chi connectivity index (χ4n) is 4.41. The summed E-state index contributed by atoms with van der Waals surface area (Å²) in [6.07, 6.45) is 3.72. The van der Waals surface area contributed by atoms with Crippen molar-refractivity contribution in [3.8, 4) is 5.82 Å². The smallest absolute Gasteiger partial charge is 0.267 e. The molecule has 0 saturated carbocycles. The molecular formula is C25H23ClN4O4S2. The quantitative estimate of drug-likeness (QED) is 0.348. The summed E-state index contributed by atoms with van der Waals surface area (Å²) in [5, 5.41) is 0.503. The van der Waals surface area contributed by atoms with E-state index in [2.05, 4.69) is 14.9 Å². The molecule has 1 fully saturated rings. The number of rotatable bonds is 7. The van der Waals surface area contributed by atoms with Gasteiger partial charge in [0.15, 0.2) is 15.6 Å². The molecule has 4 aromatic rings. The molecule has 1 aliphatic heterocycles. The van der Waals surface area contributed by atoms with Crippen LogP contribution in [0.1, 0.15) is 24.2 Å². The Morgan fingerprint density at radius 3 is 2.56 bits per heavy atom. The number of carbonyl (C=O) groups is 1. The van der Waals surface area contributed by atoms with E-state index >= 15 is 0 Å². The van der Waals surface area contributed by atoms with Crippen molar-refractivity contribution in [2.45, 2.75) is 30.4 Å². The second-order valence-corrected chi connectivity index (χ2v) is 12.7. The molecule has 0 radical (unpaired) electrons. The maximum atomic E-state index is 13.3. The molecule has 4 heterocycles. The van der Waals surface area contributed by atoms with Crippen molar-refractivity contribution in [1.29, 1.82) is 0 Å². The first-order valence-corrected chi connectivity index (χ1v) is 14.3. The Hall–Kier alpha value is -3.08. The molecule has 1 saturated heterocycles. The molecule has 11 heteroatoms. The number of aryl methyl sites for hydroxylation is 1. The van der Waals surface area contributed by atoms with Crippen molar-refractivity contribution in [1.82, 2.24) is 14.5 Å². The number of ketones is 1. The standard InChI is InChI=1S/C25H23ClN4O4S2/c1-16-28-21-13-18(29-10-2-3-11-29)5-6-20(21)25(32)30(16)23-8-4-17(14-27-23)12-19(31)15-36(33,34)24-9-7-22(26)35-24/h4-9,13-14H,2-3,10-12,15H2,1H3. The van der Waals surface area contributed by atoms with E-state index in [1.54, 1.807) is 19.1 Å². The first-order chi connectivity index (χ1) is 17.2. The summed E-state index contributed by atoms with van der Waals surface area (Å²) in [4.78, 5) is 37.0. The Balaban J connectivity index is 1.35. The maximum Gasteiger partial charge on any atom is 0.267 e. The molecule has 1 aromatic carbocycles. The van der Waals surface area contributed by atoms with Crippen molar-refractivity contribution >= 4 is 55.1 Å². The lowest BCUT2D eigenvalue weighted by Crippen LogP contribution is -2.24. The summed E-state index contributed by atoms with van der Waals surface area (Å²) in [6.45, 7) is 3.77. The zero-order valence-corrected chi connectivity index (χ0v) is 21.9. The third kappa shape index (κ3) is 4.93. The highest BCUT2D eigenvalue weighted by Gasteiger charge is 2.22. The lowest BCUT2D eigenvalue weighted by atomic mass is 10.1. The topological polar surface area (TPSA) is 102 Å². The minimum atomic E-state index is -3.74. The number of fused-ring (bicyclic) bond motifs is 1. The van der Waals surface area contributed by atoms with E-state index in [0.29, 0.717) is 32.4 Å². The minimum Gasteiger partial charge on any atom is -0.371 e. The highest BCUT2D eigenvalue weighted by atomic mass is 35.5. The molecule has 0 bridgehead atoms. The Kier molecular flexibility index (Phi) is 6.67. The average molecular weight is 543 g/mol. The zero-order chi connectivity index (χ0) is 25.4. The van der Waals surface area contributed by atoms with Crippen LogP contribution in [-0.2, 0) is 21.1 Å². The van der Waals surface area contributed by atoms with Crippen molar-refractivity contribution in [2.24, 2.45) is 0 Å². The van der Waals surface area contributed by atoms with Gasteiger partial charge >= 0.3 is 0 Å². The van der Waals surface area contributed by atoms with Crippen molar-refractivity contribution in [3.05, 3.63) is 74.7 Å². The fourth-order valence-corrected chi connectivity index (χ4v) is 7.22. The van der Waals surface area contributed by atoms with Crippen LogP contribution in [0.4, 0.5) is 5.69 Å². The highest BCUT2D eigenvalue weighted by Crippen LogP contribution is 2.27. The molecule has 0 spiro atoms. The van der Waals surface area contributed by atoms with Crippen LogP contribution < -0.4 is 10.5 Å². The fraction of sp³-hybridized carbons (Fsp3) is 0.280. The summed E-state index contributed by atoms with van der Waals surface area (Å²) >= 11 is 6.74. The van der Waals surface area contributed by atoms with Gasteiger partial charge in [-0.05, 0) is 61.7 Å². The molecule has 5 rings (SSSR count). The molecule has 0 amide bonds. The monoisotopic (exact) mass is 542 g/mol. The van der Waals surface area contributed by atoms with Gasteiger partial charge < -0.3 is 4.90 Å². The number of benzene rings is 1. The van der Waals surface area contributed by atoms with E-state index in [-0.39, 0.29) is 16.2 Å². The Morgan fingerprint density at radius 2 is 1.89 bits per heavy atom. The molecule has 0 N–H and O–H groups in total. The molecule has 1 aliphatic rings. The predicted molar refractivity (Wildman–Crippen MR) is 141 cm³/mol. The Labute approximate surface area is 217 Å². The number of hydrogen-bond donors (Lipinski definition) is 0. The van der Waals surface area contributed by atoms with E-state index in [9.17, 15) is 18.0 Å². The van der Waals surface area contributed by atoms with E-state index in [0.717, 1.165) is 30.1 Å². The van der Waals surface area contributed by atoms with Gasteiger partial charge in [0, 0.05) is 31.4 Å². The molecule has 186 valence electrons. The second kappa shape index (κ2) is 9.76. The number of pyridine rings is 1. The first kappa shape index (κ1) is 24.6. The van der Waals surface area contributed by atoms with Crippen LogP contribution in [-0.4, -0.2) is 47.6 Å². The van der Waals surface area contributed by atoms with Crippen molar-refractivity contribution in [3.63, 3.8) is 0 Å². The molecule has 36 heavy (non-hydrogen) atoms. The molecule has 0 atom stereocenters. The third-order valence-corrected chi connectivity index (χ3v) is 9.63. The van der Waals surface area contributed by atoms with Crippen LogP contribution in [0.2, 0.25) is 4.34 Å². The van der Waals surface area contributed by atoms with Gasteiger partial charge in [-0.3, -0.25) is 9.59 Å². The summed E-state index contributed by atoms with van der Waals surface area (Å²) in [5.74, 6) is -0.183. The number of nitrogens with zero attached hydrogens (tertiary/aromatic N) is 4. The predicted octanol–water partition coefficient (Wildman–Crippen LogP) is 3.99. The van der Waals surface area contributed by atoms with Crippen LogP contribution in [0, 0.1) is 6.92 Å². The zero-order valence-electron chi connectivity index (χ0n) is 19.5. The summed E-state index contributed by atoms with van der Waals surface area (Å²) in [7, 11) is -3.74. The van der Waals surface area contributed by atoms with Gasteiger partial charge in [-0.15, -0.1) is 11.3 Å². The molecule has 3 aromatic heterocycles. The highest BCUT2D eigenvalue weighted by molar-refractivity contribution is 7.94. The van der Waals surface area contributed by atoms with Gasteiger partial charge in [0.05, 0.1) is 15.2 Å². The number of sulfone groups is 1. The van der Waals surface area contributed by atoms with Gasteiger partial charge in [0.25, 0.3) is 5.56 Å². The number of carbonyl (C=O) groups excluding carboxylic acids is 1. The molecular weight excluding hydrogens is 520 g/mol. The normalized spacial score (nSPS) is 14.0. The SMILES string of the molecule is Cc1nc2cc(N3CCCC3)ccc2c(=O)n1-c1ccc(CC(=O)CS(=O)(=O)c2ccc(Cl)s2)cn1. The summed E-state index contributed by atoms with van der Waals surface area (Å²) < 4.78 is 26.7. The maximum absolute atomic E-state index is 13.3. The lowest BCUT2D eigenvalue weighted by Gasteiger charge is -2.18. The van der Waals surface area contributed by atoms with Crippen LogP contribution in [0.15, 0.2) is 57.7 Å². The Bertz CT molecular complexity index is 1620. The lowest BCUT2D eigenvalue weighted by molar-refractivity contribution is -0.116. The number of thiophene rings is 1. The van der Waals surface area contributed by atoms with Crippen LogP contribution in [0.3, 0.4) is 0 Å². The molecule has 0 unspecified atom stereocenters. The van der Waals surface area contributed by atoms with Crippen molar-refractivity contribution in [2.75, 3.05) is 23.7 Å². The van der Waals surface area contributed by atoms with Gasteiger partial charge in [-0.2, -0.15) is 0 Å². The van der Waals surface area contributed by atoms with Gasteiger partial charge in [-0.1, -0.05) is 17.7 Å². The number of hydrogen-bond acceptors (Lipinski definition) is 8. The third-order valence-electron chi connectivity index (χ3n) is 6.14. The minimum absolute atomic E-state index is 0.0699. The summed E-state index contributed by atoms with van der Waals surface area (Å²) in [5.41, 5.74) is 2.05. The van der Waals surface area contributed by atoms with Crippen LogP contribution >= 0.6 is 22.9 Å². The van der Waals surface area contributed by atoms with Crippen molar-refractivity contribution < 1.29 is 13.2 Å². The van der Waals surface area contributed by atoms with Gasteiger partial charge in [-0.25, -0.2) is 23.0 Å². The number of aromatic nitrogens is 3. The summed E-state index contributed by atoms with van der Waals surface area (Å²) in [6, 6.07) is 11.9. The van der Waals surface area contributed by atoms with Gasteiger partial charge in [0.2, 0.25) is 0 Å². The van der Waals surface area contributed by atoms with E-state index in [1.165, 1.54) is 35.7 Å². The van der Waals surface area contributed by atoms with Crippen LogP contribution in [0.5, 0.6) is 0 Å². The van der Waals surface area contributed by atoms with Gasteiger partial charge in [0.1, 0.15) is 21.6 Å². The number of Topliss-reactive ketones (excluding diaryl/α,β-unsaturated/α-hetero) is 1. The molecule has 8 nitrogen and oxygen atoms in total. The van der Waals surface area contributed by atoms with E-state index in [4.69, 9.17) is 11.6 Å². The first-order valence-electron chi connectivity index (χ1n) is 11.4. The average Bonchev–Trinajstić information content (AvgIpc) is 3.52. The largest absolute Gasteiger partial charge is 0.371 e. The number of halogens is 1. The number of anilines is 1.